The van der Waals surface area contributed by atoms with Gasteiger partial charge in [-0.2, -0.15) is 0 Å². The van der Waals surface area contributed by atoms with Crippen LogP contribution in [-0.4, -0.2) is 40.7 Å². The zero-order valence-electron chi connectivity index (χ0n) is 13.6. The fourth-order valence-corrected chi connectivity index (χ4v) is 2.70. The van der Waals surface area contributed by atoms with Gasteiger partial charge in [-0.3, -0.25) is 0 Å². The van der Waals surface area contributed by atoms with Gasteiger partial charge in [0.05, 0.1) is 5.02 Å². The van der Waals surface area contributed by atoms with Gasteiger partial charge in [-0.1, -0.05) is 11.6 Å². The van der Waals surface area contributed by atoms with Crippen LogP contribution in [0.1, 0.15) is 39.2 Å². The summed E-state index contributed by atoms with van der Waals surface area (Å²) >= 11 is 6.20. The van der Waals surface area contributed by atoms with Crippen molar-refractivity contribution in [2.45, 2.75) is 52.2 Å². The third-order valence-electron chi connectivity index (χ3n) is 3.39. The van der Waals surface area contributed by atoms with E-state index in [0.717, 1.165) is 24.9 Å². The SMILES string of the molecule is Cc1cnc(N[C@@H]2CCCN(C(=O)OC(C)(C)C)C2)c(Cl)c1. The number of hydrogen-bond donors (Lipinski definition) is 1. The number of aromatic nitrogens is 1. The second-order valence-electron chi connectivity index (χ2n) is 6.75. The smallest absolute Gasteiger partial charge is 0.410 e. The van der Waals surface area contributed by atoms with Crippen LogP contribution < -0.4 is 5.32 Å². The Morgan fingerprint density at radius 3 is 2.86 bits per heavy atom. The Balaban J connectivity index is 1.97. The predicted molar refractivity (Wildman–Crippen MR) is 88.4 cm³/mol. The van der Waals surface area contributed by atoms with Crippen LogP contribution in [0.25, 0.3) is 0 Å². The number of piperidine rings is 1. The number of amides is 1. The summed E-state index contributed by atoms with van der Waals surface area (Å²) in [5.74, 6) is 0.670. The number of carbonyl (C=O) groups excluding carboxylic acids is 1. The molecule has 6 heteroatoms. The van der Waals surface area contributed by atoms with Gasteiger partial charge in [0, 0.05) is 25.3 Å². The number of anilines is 1. The fourth-order valence-electron chi connectivity index (χ4n) is 2.42. The number of likely N-dealkylation sites (tertiary alicyclic amines) is 1. The molecule has 2 heterocycles. The molecule has 1 aliphatic heterocycles. The van der Waals surface area contributed by atoms with E-state index >= 15 is 0 Å². The van der Waals surface area contributed by atoms with Gasteiger partial charge in [-0.05, 0) is 52.2 Å². The average Bonchev–Trinajstić information content (AvgIpc) is 2.40. The van der Waals surface area contributed by atoms with Crippen LogP contribution >= 0.6 is 11.6 Å². The van der Waals surface area contributed by atoms with Crippen molar-refractivity contribution in [2.24, 2.45) is 0 Å². The molecule has 122 valence electrons. The number of rotatable bonds is 2. The standard InChI is InChI=1S/C16H24ClN3O2/c1-11-8-13(17)14(18-9-11)19-12-6-5-7-20(10-12)15(21)22-16(2,3)4/h8-9,12H,5-7,10H2,1-4H3,(H,18,19)/t12-/m1/s1. The molecule has 1 aliphatic rings. The van der Waals surface area contributed by atoms with Gasteiger partial charge in [0.25, 0.3) is 0 Å². The van der Waals surface area contributed by atoms with Crippen LogP contribution in [0.5, 0.6) is 0 Å². The van der Waals surface area contributed by atoms with E-state index in [1.165, 1.54) is 0 Å². The molecule has 2 rings (SSSR count). The van der Waals surface area contributed by atoms with Crippen LogP contribution in [0.3, 0.4) is 0 Å². The lowest BCUT2D eigenvalue weighted by atomic mass is 10.1. The average molecular weight is 326 g/mol. The first-order valence-corrected chi connectivity index (χ1v) is 7.99. The summed E-state index contributed by atoms with van der Waals surface area (Å²) in [6.45, 7) is 8.90. The molecule has 1 atom stereocenters. The molecule has 1 N–H and O–H groups in total. The molecule has 22 heavy (non-hydrogen) atoms. The van der Waals surface area contributed by atoms with Crippen molar-refractivity contribution in [1.29, 1.82) is 0 Å². The maximum absolute atomic E-state index is 12.2. The largest absolute Gasteiger partial charge is 0.444 e. The Morgan fingerprint density at radius 1 is 1.50 bits per heavy atom. The van der Waals surface area contributed by atoms with Crippen molar-refractivity contribution in [3.05, 3.63) is 22.8 Å². The molecule has 0 saturated carbocycles. The topological polar surface area (TPSA) is 54.5 Å². The maximum Gasteiger partial charge on any atom is 0.410 e. The molecule has 0 bridgehead atoms. The highest BCUT2D eigenvalue weighted by Crippen LogP contribution is 2.23. The summed E-state index contributed by atoms with van der Waals surface area (Å²) in [6, 6.07) is 2.01. The minimum atomic E-state index is -0.473. The third kappa shape index (κ3) is 4.77. The molecule has 0 unspecified atom stereocenters. The summed E-state index contributed by atoms with van der Waals surface area (Å²) in [5, 5.41) is 3.94. The lowest BCUT2D eigenvalue weighted by molar-refractivity contribution is 0.0206. The van der Waals surface area contributed by atoms with Crippen molar-refractivity contribution in [2.75, 3.05) is 18.4 Å². The number of nitrogens with zero attached hydrogens (tertiary/aromatic N) is 2. The van der Waals surface area contributed by atoms with Crippen LogP contribution in [-0.2, 0) is 4.74 Å². The predicted octanol–water partition coefficient (Wildman–Crippen LogP) is 3.85. The van der Waals surface area contributed by atoms with E-state index in [-0.39, 0.29) is 12.1 Å². The van der Waals surface area contributed by atoms with Gasteiger partial charge in [0.15, 0.2) is 0 Å². The Labute approximate surface area is 137 Å². The summed E-state index contributed by atoms with van der Waals surface area (Å²) in [7, 11) is 0. The lowest BCUT2D eigenvalue weighted by Gasteiger charge is -2.34. The van der Waals surface area contributed by atoms with Gasteiger partial charge in [-0.25, -0.2) is 9.78 Å². The molecule has 1 amide bonds. The molecule has 1 fully saturated rings. The van der Waals surface area contributed by atoms with E-state index in [1.807, 2.05) is 33.8 Å². The first-order chi connectivity index (χ1) is 10.2. The molecule has 0 aliphatic carbocycles. The van der Waals surface area contributed by atoms with E-state index in [0.29, 0.717) is 17.4 Å². The minimum absolute atomic E-state index is 0.133. The number of hydrogen-bond acceptors (Lipinski definition) is 4. The van der Waals surface area contributed by atoms with Gasteiger partial charge in [-0.15, -0.1) is 0 Å². The first kappa shape index (κ1) is 16.9. The van der Waals surface area contributed by atoms with Crippen LogP contribution in [0.2, 0.25) is 5.02 Å². The van der Waals surface area contributed by atoms with E-state index in [2.05, 4.69) is 10.3 Å². The molecule has 1 saturated heterocycles. The summed E-state index contributed by atoms with van der Waals surface area (Å²) in [4.78, 5) is 18.2. The molecular weight excluding hydrogens is 302 g/mol. The molecule has 0 aromatic carbocycles. The van der Waals surface area contributed by atoms with Crippen LogP contribution in [0.4, 0.5) is 10.6 Å². The van der Waals surface area contributed by atoms with Crippen molar-refractivity contribution in [1.82, 2.24) is 9.88 Å². The highest BCUT2D eigenvalue weighted by atomic mass is 35.5. The second kappa shape index (κ2) is 6.73. The summed E-state index contributed by atoms with van der Waals surface area (Å²) in [5.41, 5.74) is 0.550. The Hall–Kier alpha value is -1.49. The van der Waals surface area contributed by atoms with Crippen molar-refractivity contribution in [3.8, 4) is 0 Å². The van der Waals surface area contributed by atoms with E-state index < -0.39 is 5.60 Å². The molecule has 0 radical (unpaired) electrons. The number of carbonyl (C=O) groups is 1. The molecule has 0 spiro atoms. The van der Waals surface area contributed by atoms with Crippen molar-refractivity contribution >= 4 is 23.5 Å². The zero-order chi connectivity index (χ0) is 16.3. The third-order valence-corrected chi connectivity index (χ3v) is 3.68. The van der Waals surface area contributed by atoms with Gasteiger partial charge in [0.2, 0.25) is 0 Å². The van der Waals surface area contributed by atoms with Crippen LogP contribution in [0, 0.1) is 6.92 Å². The van der Waals surface area contributed by atoms with E-state index in [9.17, 15) is 4.79 Å². The van der Waals surface area contributed by atoms with E-state index in [1.54, 1.807) is 11.1 Å². The normalized spacial score (nSPS) is 19.0. The number of ether oxygens (including phenoxy) is 1. The van der Waals surface area contributed by atoms with Gasteiger partial charge in [0.1, 0.15) is 11.4 Å². The molecular formula is C16H24ClN3O2. The molecule has 1 aromatic rings. The second-order valence-corrected chi connectivity index (χ2v) is 7.16. The van der Waals surface area contributed by atoms with Gasteiger partial charge >= 0.3 is 6.09 Å². The highest BCUT2D eigenvalue weighted by molar-refractivity contribution is 6.32. The Morgan fingerprint density at radius 2 is 2.23 bits per heavy atom. The summed E-state index contributed by atoms with van der Waals surface area (Å²) < 4.78 is 5.43. The Bertz CT molecular complexity index is 543. The van der Waals surface area contributed by atoms with E-state index in [4.69, 9.17) is 16.3 Å². The fraction of sp³-hybridized carbons (Fsp3) is 0.625. The van der Waals surface area contributed by atoms with Crippen molar-refractivity contribution < 1.29 is 9.53 Å². The van der Waals surface area contributed by atoms with Crippen molar-refractivity contribution in [3.63, 3.8) is 0 Å². The Kier molecular flexibility index (Phi) is 5.16. The minimum Gasteiger partial charge on any atom is -0.444 e. The quantitative estimate of drug-likeness (QED) is 0.897. The lowest BCUT2D eigenvalue weighted by Crippen LogP contribution is -2.47. The first-order valence-electron chi connectivity index (χ1n) is 7.61. The number of aryl methyl sites for hydroxylation is 1. The maximum atomic E-state index is 12.2. The summed E-state index contributed by atoms with van der Waals surface area (Å²) in [6.07, 6.45) is 3.43. The number of pyridine rings is 1. The monoisotopic (exact) mass is 325 g/mol. The van der Waals surface area contributed by atoms with Crippen LogP contribution in [0.15, 0.2) is 12.3 Å². The number of halogens is 1. The van der Waals surface area contributed by atoms with Gasteiger partial charge < -0.3 is 15.0 Å². The highest BCUT2D eigenvalue weighted by Gasteiger charge is 2.27. The number of nitrogens with one attached hydrogen (secondary N) is 1. The molecule has 5 nitrogen and oxygen atoms in total. The molecule has 1 aromatic heterocycles. The zero-order valence-corrected chi connectivity index (χ0v) is 14.4.